The van der Waals surface area contributed by atoms with E-state index in [0.29, 0.717) is 64.3 Å². The highest BCUT2D eigenvalue weighted by atomic mass is 35.5. The van der Waals surface area contributed by atoms with Gasteiger partial charge in [-0.1, -0.05) is 108 Å². The number of amides is 2. The van der Waals surface area contributed by atoms with E-state index in [-0.39, 0.29) is 24.8 Å². The minimum atomic E-state index is -1.16. The molecule has 2 heterocycles. The largest absolute Gasteiger partial charge is 0.489 e. The Bertz CT molecular complexity index is 2620. The summed E-state index contributed by atoms with van der Waals surface area (Å²) in [6.07, 6.45) is 0.179. The predicted octanol–water partition coefficient (Wildman–Crippen LogP) is 8.96. The number of fused-ring (bicyclic) bond motifs is 2. The Kier molecular flexibility index (Phi) is 12.3. The molecule has 2 amide bonds. The van der Waals surface area contributed by atoms with Gasteiger partial charge in [0.15, 0.2) is 0 Å². The van der Waals surface area contributed by atoms with Crippen LogP contribution in [0.2, 0.25) is 10.0 Å². The zero-order chi connectivity index (χ0) is 42.5. The van der Waals surface area contributed by atoms with Gasteiger partial charge in [-0.3, -0.25) is 14.5 Å². The smallest absolute Gasteiger partial charge is 0.326 e. The molecule has 0 fully saturated rings. The maximum atomic E-state index is 14.2. The van der Waals surface area contributed by atoms with Crippen LogP contribution in [-0.4, -0.2) is 46.4 Å². The van der Waals surface area contributed by atoms with Gasteiger partial charge >= 0.3 is 5.97 Å². The first-order valence-electron chi connectivity index (χ1n) is 19.8. The third kappa shape index (κ3) is 9.72. The average molecular weight is 852 g/mol. The average Bonchev–Trinajstić information content (AvgIpc) is 3.28. The number of nitrogens with zero attached hydrogens (tertiary/aromatic N) is 2. The maximum Gasteiger partial charge on any atom is 0.326 e. The maximum absolute atomic E-state index is 14.2. The second kappa shape index (κ2) is 18.3. The van der Waals surface area contributed by atoms with Crippen molar-refractivity contribution in [1.82, 2.24) is 10.2 Å². The van der Waals surface area contributed by atoms with Crippen molar-refractivity contribution in [3.8, 4) is 28.7 Å². The highest BCUT2D eigenvalue weighted by Gasteiger charge is 2.36. The van der Waals surface area contributed by atoms with Crippen LogP contribution in [0.4, 0.5) is 5.69 Å². The van der Waals surface area contributed by atoms with Gasteiger partial charge in [0.05, 0.1) is 33.4 Å². The fourth-order valence-electron chi connectivity index (χ4n) is 7.68. The predicted molar refractivity (Wildman–Crippen MR) is 234 cm³/mol. The summed E-state index contributed by atoms with van der Waals surface area (Å²) in [4.78, 5) is 42.3. The number of benzene rings is 6. The SMILES string of the molecule is N#Cc1ccc(-c2ccc(C[C@H](NC(=O)[C@@H]3Cc4cc5c(cc4CN3CCc3ccccc3)OC(c3ccc(OCc4ccc(Cl)c(Cl)c4)cc3)C(=O)N5)C(=O)O)cc2)cc1. The molecular weight excluding hydrogens is 811 g/mol. The van der Waals surface area contributed by atoms with Crippen molar-refractivity contribution >= 4 is 46.7 Å². The molecule has 0 aromatic heterocycles. The minimum absolute atomic E-state index is 0.0918. The summed E-state index contributed by atoms with van der Waals surface area (Å²) in [5.74, 6) is -0.724. The zero-order valence-electron chi connectivity index (χ0n) is 32.8. The number of halogens is 2. The topological polar surface area (TPSA) is 141 Å². The Hall–Kier alpha value is -6.64. The minimum Gasteiger partial charge on any atom is -0.489 e. The van der Waals surface area contributed by atoms with Crippen molar-refractivity contribution in [3.05, 3.63) is 182 Å². The van der Waals surface area contributed by atoms with E-state index in [1.54, 1.807) is 48.5 Å². The number of anilines is 1. The van der Waals surface area contributed by atoms with Gasteiger partial charge in [0.2, 0.25) is 12.0 Å². The Labute approximate surface area is 363 Å². The van der Waals surface area contributed by atoms with Gasteiger partial charge in [-0.05, 0) is 100 Å². The van der Waals surface area contributed by atoms with Gasteiger partial charge in [-0.15, -0.1) is 0 Å². The molecule has 3 atom stereocenters. The molecule has 0 bridgehead atoms. The molecule has 0 radical (unpaired) electrons. The first-order chi connectivity index (χ1) is 29.6. The van der Waals surface area contributed by atoms with Crippen LogP contribution in [0, 0.1) is 11.3 Å². The summed E-state index contributed by atoms with van der Waals surface area (Å²) in [7, 11) is 0. The first kappa shape index (κ1) is 41.1. The van der Waals surface area contributed by atoms with E-state index in [9.17, 15) is 19.5 Å². The van der Waals surface area contributed by atoms with Crippen molar-refractivity contribution in [2.75, 3.05) is 11.9 Å². The number of aliphatic carboxylic acids is 1. The third-order valence-corrected chi connectivity index (χ3v) is 11.8. The van der Waals surface area contributed by atoms with Crippen LogP contribution in [0.25, 0.3) is 11.1 Å². The molecule has 6 aromatic rings. The third-order valence-electron chi connectivity index (χ3n) is 11.0. The number of carboxylic acids is 1. The number of hydrogen-bond acceptors (Lipinski definition) is 7. The van der Waals surface area contributed by atoms with Crippen LogP contribution >= 0.6 is 23.2 Å². The molecule has 8 rings (SSSR count). The number of rotatable bonds is 13. The van der Waals surface area contributed by atoms with Crippen molar-refractivity contribution in [1.29, 1.82) is 5.26 Å². The van der Waals surface area contributed by atoms with Crippen LogP contribution in [0.3, 0.4) is 0 Å². The van der Waals surface area contributed by atoms with E-state index in [1.807, 2.05) is 84.9 Å². The molecule has 0 saturated heterocycles. The Morgan fingerprint density at radius 2 is 1.56 bits per heavy atom. The molecule has 306 valence electrons. The lowest BCUT2D eigenvalue weighted by molar-refractivity contribution is -0.142. The van der Waals surface area contributed by atoms with Crippen molar-refractivity contribution in [2.45, 2.75) is 50.6 Å². The van der Waals surface area contributed by atoms with E-state index in [2.05, 4.69) is 21.6 Å². The number of carbonyl (C=O) groups is 3. The molecule has 6 aromatic carbocycles. The highest BCUT2D eigenvalue weighted by Crippen LogP contribution is 2.40. The fraction of sp³-hybridized carbons (Fsp3) is 0.184. The van der Waals surface area contributed by atoms with E-state index >= 15 is 0 Å². The molecule has 10 nitrogen and oxygen atoms in total. The Morgan fingerprint density at radius 1 is 0.852 bits per heavy atom. The van der Waals surface area contributed by atoms with Gasteiger partial charge in [0, 0.05) is 25.1 Å². The van der Waals surface area contributed by atoms with Crippen molar-refractivity contribution in [2.24, 2.45) is 0 Å². The molecule has 12 heteroatoms. The molecule has 3 N–H and O–H groups in total. The van der Waals surface area contributed by atoms with Crippen molar-refractivity contribution < 1.29 is 29.0 Å². The molecule has 0 aliphatic carbocycles. The van der Waals surface area contributed by atoms with Gasteiger partial charge in [0.1, 0.15) is 24.1 Å². The Morgan fingerprint density at radius 3 is 2.25 bits per heavy atom. The fourth-order valence-corrected chi connectivity index (χ4v) is 8.00. The van der Waals surface area contributed by atoms with E-state index in [0.717, 1.165) is 38.9 Å². The summed E-state index contributed by atoms with van der Waals surface area (Å²) in [5, 5.41) is 26.2. The van der Waals surface area contributed by atoms with Crippen LogP contribution < -0.4 is 20.1 Å². The number of nitriles is 1. The van der Waals surface area contributed by atoms with E-state index in [4.69, 9.17) is 37.9 Å². The molecule has 2 aliphatic rings. The standard InChI is InChI=1S/C49H40Cl2N4O6/c50-40-19-10-33(22-41(40)51)29-60-39-17-15-36(16-18-39)46-48(57)53-42-24-37-25-44(55(28-38(37)26-45(42)61-46)21-20-30-4-2-1-3-5-30)47(56)54-43(49(58)59)23-31-6-11-34(12-7-31)35-13-8-32(27-52)9-14-35/h1-19,22,24,26,43-44,46H,20-21,23,25,28-29H2,(H,53,57)(H,54,56)(H,58,59)/t43-,44-,46?/m0/s1. The summed E-state index contributed by atoms with van der Waals surface area (Å²) in [5.41, 5.74) is 8.14. The molecular formula is C49H40Cl2N4O6. The van der Waals surface area contributed by atoms with Crippen LogP contribution in [0.5, 0.6) is 11.5 Å². The summed E-state index contributed by atoms with van der Waals surface area (Å²) >= 11 is 12.2. The van der Waals surface area contributed by atoms with Crippen LogP contribution in [-0.2, 0) is 46.8 Å². The number of hydrogen-bond donors (Lipinski definition) is 3. The molecule has 0 spiro atoms. The molecule has 61 heavy (non-hydrogen) atoms. The second-order valence-corrected chi connectivity index (χ2v) is 15.9. The summed E-state index contributed by atoms with van der Waals surface area (Å²) in [6, 6.07) is 41.3. The normalized spacial score (nSPS) is 16.2. The van der Waals surface area contributed by atoms with Gasteiger partial charge in [-0.25, -0.2) is 4.79 Å². The summed E-state index contributed by atoms with van der Waals surface area (Å²) in [6.45, 7) is 1.25. The quantitative estimate of drug-likeness (QED) is 0.105. The molecule has 1 unspecified atom stereocenters. The first-order valence-corrected chi connectivity index (χ1v) is 20.6. The van der Waals surface area contributed by atoms with E-state index < -0.39 is 24.2 Å². The second-order valence-electron chi connectivity index (χ2n) is 15.1. The highest BCUT2D eigenvalue weighted by molar-refractivity contribution is 6.42. The summed E-state index contributed by atoms with van der Waals surface area (Å²) < 4.78 is 12.3. The number of nitrogens with one attached hydrogen (secondary N) is 2. The lowest BCUT2D eigenvalue weighted by Crippen LogP contribution is -2.54. The molecule has 2 aliphatic heterocycles. The number of carboxylic acid groups (broad SMARTS) is 1. The van der Waals surface area contributed by atoms with Crippen LogP contribution in [0.15, 0.2) is 133 Å². The number of ether oxygens (including phenoxy) is 2. The van der Waals surface area contributed by atoms with Gasteiger partial charge in [-0.2, -0.15) is 5.26 Å². The lowest BCUT2D eigenvalue weighted by atomic mass is 9.91. The van der Waals surface area contributed by atoms with Crippen LogP contribution in [0.1, 0.15) is 45.0 Å². The van der Waals surface area contributed by atoms with E-state index in [1.165, 1.54) is 0 Å². The van der Waals surface area contributed by atoms with Crippen molar-refractivity contribution in [3.63, 3.8) is 0 Å². The molecule has 0 saturated carbocycles. The van der Waals surface area contributed by atoms with Gasteiger partial charge < -0.3 is 25.2 Å². The zero-order valence-corrected chi connectivity index (χ0v) is 34.3. The monoisotopic (exact) mass is 850 g/mol. The lowest BCUT2D eigenvalue weighted by Gasteiger charge is -2.37. The number of carbonyl (C=O) groups excluding carboxylic acids is 2. The Balaban J connectivity index is 0.970. The van der Waals surface area contributed by atoms with Gasteiger partial charge in [0.25, 0.3) is 5.91 Å².